The van der Waals surface area contributed by atoms with Gasteiger partial charge in [0.2, 0.25) is 5.91 Å². The van der Waals surface area contributed by atoms with Gasteiger partial charge in [0.15, 0.2) is 6.61 Å². The molecule has 0 spiro atoms. The minimum atomic E-state index is -0.616. The first-order valence-corrected chi connectivity index (χ1v) is 11.2. The van der Waals surface area contributed by atoms with Crippen LogP contribution < -0.4 is 14.8 Å². The first-order valence-electron chi connectivity index (χ1n) is 9.98. The standard InChI is InChI=1S/C24H20ClN3O4S/c1-30-18-11-7-10-17(14-18)26-23(29)22(16-8-3-2-4-9-16)33-24-28-27-21(32-24)15-31-20-13-6-5-12-19(20)25/h2-14,22H,15H2,1H3,(H,26,29). The fourth-order valence-electron chi connectivity index (χ4n) is 2.96. The molecule has 33 heavy (non-hydrogen) atoms. The second-order valence-electron chi connectivity index (χ2n) is 6.81. The summed E-state index contributed by atoms with van der Waals surface area (Å²) >= 11 is 7.26. The van der Waals surface area contributed by atoms with E-state index < -0.39 is 5.25 Å². The van der Waals surface area contributed by atoms with Gasteiger partial charge in [-0.3, -0.25) is 4.79 Å². The van der Waals surface area contributed by atoms with Crippen LogP contribution in [0.15, 0.2) is 88.5 Å². The molecule has 0 aliphatic rings. The van der Waals surface area contributed by atoms with Crippen LogP contribution in [0.3, 0.4) is 0 Å². The number of methoxy groups -OCH3 is 1. The maximum atomic E-state index is 13.2. The number of rotatable bonds is 9. The first kappa shape index (κ1) is 22.7. The van der Waals surface area contributed by atoms with Gasteiger partial charge >= 0.3 is 0 Å². The number of para-hydroxylation sites is 1. The van der Waals surface area contributed by atoms with Crippen molar-refractivity contribution in [3.63, 3.8) is 0 Å². The Balaban J connectivity index is 1.48. The normalized spacial score (nSPS) is 11.6. The highest BCUT2D eigenvalue weighted by molar-refractivity contribution is 8.00. The molecule has 1 amide bonds. The lowest BCUT2D eigenvalue weighted by atomic mass is 10.1. The van der Waals surface area contributed by atoms with E-state index in [2.05, 4.69) is 15.5 Å². The molecule has 0 aliphatic carbocycles. The Morgan fingerprint density at radius 3 is 2.64 bits per heavy atom. The number of amides is 1. The zero-order valence-corrected chi connectivity index (χ0v) is 19.2. The number of thioether (sulfide) groups is 1. The third-order valence-corrected chi connectivity index (χ3v) is 5.93. The van der Waals surface area contributed by atoms with Crippen LogP contribution in [0.4, 0.5) is 5.69 Å². The summed E-state index contributed by atoms with van der Waals surface area (Å²) in [5, 5.41) is 11.1. The number of ether oxygens (including phenoxy) is 2. The Morgan fingerprint density at radius 1 is 1.06 bits per heavy atom. The van der Waals surface area contributed by atoms with E-state index in [0.717, 1.165) is 17.3 Å². The van der Waals surface area contributed by atoms with Crippen molar-refractivity contribution < 1.29 is 18.7 Å². The minimum Gasteiger partial charge on any atom is -0.497 e. The van der Waals surface area contributed by atoms with E-state index in [-0.39, 0.29) is 23.6 Å². The van der Waals surface area contributed by atoms with Crippen LogP contribution in [0.25, 0.3) is 0 Å². The SMILES string of the molecule is COc1cccc(NC(=O)C(Sc2nnc(COc3ccccc3Cl)o2)c2ccccc2)c1. The van der Waals surface area contributed by atoms with Crippen LogP contribution in [0.5, 0.6) is 11.5 Å². The molecule has 4 rings (SSSR count). The van der Waals surface area contributed by atoms with Crippen LogP contribution in [0.1, 0.15) is 16.7 Å². The number of aromatic nitrogens is 2. The molecule has 168 valence electrons. The average Bonchev–Trinajstić information content (AvgIpc) is 3.30. The van der Waals surface area contributed by atoms with Crippen LogP contribution in [0, 0.1) is 0 Å². The largest absolute Gasteiger partial charge is 0.497 e. The molecule has 1 N–H and O–H groups in total. The van der Waals surface area contributed by atoms with E-state index in [0.29, 0.717) is 22.2 Å². The third-order valence-electron chi connectivity index (χ3n) is 4.53. The number of benzene rings is 3. The Bertz CT molecular complexity index is 1220. The molecular formula is C24H20ClN3O4S. The van der Waals surface area contributed by atoms with E-state index in [4.69, 9.17) is 25.5 Å². The molecule has 7 nitrogen and oxygen atoms in total. The van der Waals surface area contributed by atoms with E-state index >= 15 is 0 Å². The van der Waals surface area contributed by atoms with Gasteiger partial charge in [-0.05, 0) is 41.6 Å². The van der Waals surface area contributed by atoms with Crippen molar-refractivity contribution in [1.29, 1.82) is 0 Å². The maximum absolute atomic E-state index is 13.2. The van der Waals surface area contributed by atoms with Crippen molar-refractivity contribution in [2.75, 3.05) is 12.4 Å². The van der Waals surface area contributed by atoms with Crippen molar-refractivity contribution in [2.45, 2.75) is 17.1 Å². The third kappa shape index (κ3) is 6.06. The molecule has 0 saturated heterocycles. The Kier molecular flexibility index (Phi) is 7.49. The highest BCUT2D eigenvalue weighted by atomic mass is 35.5. The van der Waals surface area contributed by atoms with E-state index in [1.807, 2.05) is 54.6 Å². The molecular weight excluding hydrogens is 462 g/mol. The van der Waals surface area contributed by atoms with Gasteiger partial charge in [0.1, 0.15) is 16.7 Å². The fraction of sp³-hybridized carbons (Fsp3) is 0.125. The van der Waals surface area contributed by atoms with E-state index in [1.165, 1.54) is 0 Å². The highest BCUT2D eigenvalue weighted by Gasteiger charge is 2.25. The predicted molar refractivity (Wildman–Crippen MR) is 127 cm³/mol. The predicted octanol–water partition coefficient (Wildman–Crippen LogP) is 5.78. The molecule has 0 fully saturated rings. The summed E-state index contributed by atoms with van der Waals surface area (Å²) in [6.45, 7) is 0.0588. The van der Waals surface area contributed by atoms with Crippen molar-refractivity contribution in [3.05, 3.63) is 95.3 Å². The van der Waals surface area contributed by atoms with Gasteiger partial charge in [-0.1, -0.05) is 60.1 Å². The zero-order chi connectivity index (χ0) is 23.0. The molecule has 9 heteroatoms. The molecule has 1 aromatic heterocycles. The molecule has 0 aliphatic heterocycles. The smallest absolute Gasteiger partial charge is 0.277 e. The lowest BCUT2D eigenvalue weighted by Crippen LogP contribution is -2.19. The van der Waals surface area contributed by atoms with Gasteiger partial charge in [0.05, 0.1) is 12.1 Å². The number of halogens is 1. The Labute approximate surface area is 200 Å². The van der Waals surface area contributed by atoms with Gasteiger partial charge < -0.3 is 19.2 Å². The molecule has 1 heterocycles. The zero-order valence-electron chi connectivity index (χ0n) is 17.6. The van der Waals surface area contributed by atoms with Crippen molar-refractivity contribution >= 4 is 35.0 Å². The lowest BCUT2D eigenvalue weighted by Gasteiger charge is -2.15. The van der Waals surface area contributed by atoms with Crippen LogP contribution in [-0.2, 0) is 11.4 Å². The lowest BCUT2D eigenvalue weighted by molar-refractivity contribution is -0.115. The highest BCUT2D eigenvalue weighted by Crippen LogP contribution is 2.36. The number of anilines is 1. The second kappa shape index (κ2) is 10.9. The molecule has 0 saturated carbocycles. The van der Waals surface area contributed by atoms with Gasteiger partial charge in [-0.15, -0.1) is 10.2 Å². The molecule has 1 atom stereocenters. The quantitative estimate of drug-likeness (QED) is 0.303. The van der Waals surface area contributed by atoms with Crippen molar-refractivity contribution in [2.24, 2.45) is 0 Å². The summed E-state index contributed by atoms with van der Waals surface area (Å²) in [6, 6.07) is 23.7. The monoisotopic (exact) mass is 481 g/mol. The first-order chi connectivity index (χ1) is 16.1. The Morgan fingerprint density at radius 2 is 1.85 bits per heavy atom. The molecule has 4 aromatic rings. The molecule has 0 radical (unpaired) electrons. The summed E-state index contributed by atoms with van der Waals surface area (Å²) in [5.41, 5.74) is 1.43. The van der Waals surface area contributed by atoms with Gasteiger partial charge in [-0.2, -0.15) is 0 Å². The van der Waals surface area contributed by atoms with Crippen LogP contribution in [0.2, 0.25) is 5.02 Å². The summed E-state index contributed by atoms with van der Waals surface area (Å²) in [4.78, 5) is 13.2. The number of carbonyl (C=O) groups excluding carboxylic acids is 1. The van der Waals surface area contributed by atoms with Crippen molar-refractivity contribution in [1.82, 2.24) is 10.2 Å². The molecule has 0 bridgehead atoms. The fourth-order valence-corrected chi connectivity index (χ4v) is 4.04. The maximum Gasteiger partial charge on any atom is 0.277 e. The van der Waals surface area contributed by atoms with Crippen LogP contribution in [-0.4, -0.2) is 23.2 Å². The second-order valence-corrected chi connectivity index (χ2v) is 8.27. The minimum absolute atomic E-state index is 0.0588. The number of nitrogens with zero attached hydrogens (tertiary/aromatic N) is 2. The number of nitrogens with one attached hydrogen (secondary N) is 1. The Hall–Kier alpha value is -3.49. The summed E-state index contributed by atoms with van der Waals surface area (Å²) in [6.07, 6.45) is 0. The van der Waals surface area contributed by atoms with E-state index in [9.17, 15) is 4.79 Å². The summed E-state index contributed by atoms with van der Waals surface area (Å²) in [7, 11) is 1.58. The number of carbonyl (C=O) groups is 1. The molecule has 1 unspecified atom stereocenters. The van der Waals surface area contributed by atoms with Gasteiger partial charge in [0, 0.05) is 11.8 Å². The molecule has 3 aromatic carbocycles. The number of hydrogen-bond acceptors (Lipinski definition) is 7. The number of hydrogen-bond donors (Lipinski definition) is 1. The summed E-state index contributed by atoms with van der Waals surface area (Å²) < 4.78 is 16.6. The van der Waals surface area contributed by atoms with Crippen LogP contribution >= 0.6 is 23.4 Å². The average molecular weight is 482 g/mol. The van der Waals surface area contributed by atoms with Gasteiger partial charge in [-0.25, -0.2) is 0 Å². The van der Waals surface area contributed by atoms with Gasteiger partial charge in [0.25, 0.3) is 11.1 Å². The van der Waals surface area contributed by atoms with Crippen molar-refractivity contribution in [3.8, 4) is 11.5 Å². The van der Waals surface area contributed by atoms with E-state index in [1.54, 1.807) is 31.4 Å². The summed E-state index contributed by atoms with van der Waals surface area (Å²) in [5.74, 6) is 1.21. The topological polar surface area (TPSA) is 86.5 Å².